The monoisotopic (exact) mass is 559 g/mol. The van der Waals surface area contributed by atoms with Crippen LogP contribution in [0.2, 0.25) is 0 Å². The van der Waals surface area contributed by atoms with Gasteiger partial charge in [-0.15, -0.1) is 11.8 Å². The van der Waals surface area contributed by atoms with Crippen LogP contribution in [0.5, 0.6) is 0 Å². The zero-order valence-electron chi connectivity index (χ0n) is 23.7. The molecule has 1 aromatic carbocycles. The first-order valence-electron chi connectivity index (χ1n) is 14.0. The van der Waals surface area contributed by atoms with Crippen molar-refractivity contribution in [3.63, 3.8) is 0 Å². The molecule has 0 radical (unpaired) electrons. The van der Waals surface area contributed by atoms with Crippen molar-refractivity contribution in [1.29, 1.82) is 5.41 Å². The van der Waals surface area contributed by atoms with Crippen LogP contribution < -0.4 is 16.4 Å². The van der Waals surface area contributed by atoms with Crippen molar-refractivity contribution < 1.29 is 19.1 Å². The number of carbonyl (C=O) groups is 3. The molecule has 0 unspecified atom stereocenters. The highest BCUT2D eigenvalue weighted by molar-refractivity contribution is 7.99. The van der Waals surface area contributed by atoms with Gasteiger partial charge >= 0.3 is 6.09 Å². The predicted molar refractivity (Wildman–Crippen MR) is 155 cm³/mol. The number of rotatable bonds is 11. The molecule has 216 valence electrons. The summed E-state index contributed by atoms with van der Waals surface area (Å²) >= 11 is 1.59. The number of nitrogens with one attached hydrogen (secondary N) is 3. The Morgan fingerprint density at radius 1 is 1.13 bits per heavy atom. The topological polar surface area (TPSA) is 138 Å². The fraction of sp³-hybridized carbons (Fsp3) is 0.655. The number of amidine groups is 1. The SMILES string of the molecule is CC(C)OC(=O)N[C@@H](C(=O)N1CCC[C@H]1C(=O)NCC1CCC(C(=N)N)CC1)C(C)(C)SCc1ccccc1. The lowest BCUT2D eigenvalue weighted by Gasteiger charge is -2.37. The first-order valence-corrected chi connectivity index (χ1v) is 15.0. The third-order valence-electron chi connectivity index (χ3n) is 7.69. The highest BCUT2D eigenvalue weighted by Gasteiger charge is 2.44. The minimum absolute atomic E-state index is 0.146. The number of hydrogen-bond acceptors (Lipinski definition) is 6. The molecule has 1 aromatic rings. The molecular formula is C29H45N5O4S. The molecule has 0 spiro atoms. The third kappa shape index (κ3) is 8.88. The minimum atomic E-state index is -0.868. The van der Waals surface area contributed by atoms with Crippen LogP contribution in [0.15, 0.2) is 30.3 Å². The summed E-state index contributed by atoms with van der Waals surface area (Å²) in [5.74, 6) is 1.02. The average molecular weight is 560 g/mol. The van der Waals surface area contributed by atoms with E-state index in [4.69, 9.17) is 15.9 Å². The van der Waals surface area contributed by atoms with Gasteiger partial charge in [0.1, 0.15) is 12.1 Å². The molecule has 5 N–H and O–H groups in total. The van der Waals surface area contributed by atoms with Crippen molar-refractivity contribution in [2.24, 2.45) is 17.6 Å². The Kier molecular flexibility index (Phi) is 11.1. The maximum absolute atomic E-state index is 14.0. The number of benzene rings is 1. The van der Waals surface area contributed by atoms with E-state index in [0.717, 1.165) is 37.7 Å². The van der Waals surface area contributed by atoms with E-state index in [1.165, 1.54) is 0 Å². The maximum Gasteiger partial charge on any atom is 0.408 e. The van der Waals surface area contributed by atoms with Crippen molar-refractivity contribution in [1.82, 2.24) is 15.5 Å². The summed E-state index contributed by atoms with van der Waals surface area (Å²) in [7, 11) is 0. The predicted octanol–water partition coefficient (Wildman–Crippen LogP) is 4.05. The number of nitrogens with zero attached hydrogens (tertiary/aromatic N) is 1. The molecule has 10 heteroatoms. The third-order valence-corrected chi connectivity index (χ3v) is 9.15. The average Bonchev–Trinajstić information content (AvgIpc) is 3.39. The number of carbonyl (C=O) groups excluding carboxylic acids is 3. The number of thioether (sulfide) groups is 1. The van der Waals surface area contributed by atoms with Crippen LogP contribution in [-0.2, 0) is 20.1 Å². The quantitative estimate of drug-likeness (QED) is 0.238. The number of likely N-dealkylation sites (tertiary alicyclic amines) is 1. The van der Waals surface area contributed by atoms with Crippen LogP contribution in [0.3, 0.4) is 0 Å². The normalized spacial score (nSPS) is 22.3. The molecule has 1 heterocycles. The van der Waals surface area contributed by atoms with Crippen molar-refractivity contribution in [2.75, 3.05) is 13.1 Å². The van der Waals surface area contributed by atoms with Crippen LogP contribution in [0.1, 0.15) is 71.8 Å². The Balaban J connectivity index is 1.67. The van der Waals surface area contributed by atoms with Gasteiger partial charge in [-0.1, -0.05) is 30.3 Å². The van der Waals surface area contributed by atoms with E-state index in [0.29, 0.717) is 31.2 Å². The van der Waals surface area contributed by atoms with Gasteiger partial charge in [-0.25, -0.2) is 4.79 Å². The number of amides is 3. The minimum Gasteiger partial charge on any atom is -0.447 e. The lowest BCUT2D eigenvalue weighted by molar-refractivity contribution is -0.140. The van der Waals surface area contributed by atoms with E-state index >= 15 is 0 Å². The number of hydrogen-bond donors (Lipinski definition) is 4. The molecule has 2 atom stereocenters. The van der Waals surface area contributed by atoms with Gasteiger partial charge in [-0.2, -0.15) is 0 Å². The fourth-order valence-electron chi connectivity index (χ4n) is 5.33. The van der Waals surface area contributed by atoms with E-state index in [9.17, 15) is 14.4 Å². The maximum atomic E-state index is 14.0. The Labute approximate surface area is 236 Å². The first kappa shape index (κ1) is 30.8. The van der Waals surface area contributed by atoms with Crippen molar-refractivity contribution in [2.45, 2.75) is 94.9 Å². The summed E-state index contributed by atoms with van der Waals surface area (Å²) in [6.07, 6.45) is 3.96. The first-order chi connectivity index (χ1) is 18.5. The summed E-state index contributed by atoms with van der Waals surface area (Å²) in [6, 6.07) is 8.56. The van der Waals surface area contributed by atoms with Gasteiger partial charge in [-0.05, 0) is 77.7 Å². The Hall–Kier alpha value is -2.75. The smallest absolute Gasteiger partial charge is 0.408 e. The molecule has 1 saturated carbocycles. The molecule has 1 aliphatic heterocycles. The van der Waals surface area contributed by atoms with E-state index in [1.807, 2.05) is 44.2 Å². The number of alkyl carbamates (subject to hydrolysis) is 1. The second-order valence-electron chi connectivity index (χ2n) is 11.5. The molecule has 3 amide bonds. The van der Waals surface area contributed by atoms with Crippen LogP contribution in [0, 0.1) is 17.2 Å². The summed E-state index contributed by atoms with van der Waals surface area (Å²) in [6.45, 7) is 8.45. The Bertz CT molecular complexity index is 995. The van der Waals surface area contributed by atoms with E-state index in [-0.39, 0.29) is 29.7 Å². The fourth-order valence-corrected chi connectivity index (χ4v) is 6.39. The summed E-state index contributed by atoms with van der Waals surface area (Å²) in [4.78, 5) is 41.5. The zero-order valence-corrected chi connectivity index (χ0v) is 24.5. The summed E-state index contributed by atoms with van der Waals surface area (Å²) in [5.41, 5.74) is 6.79. The highest BCUT2D eigenvalue weighted by Crippen LogP contribution is 2.34. The highest BCUT2D eigenvalue weighted by atomic mass is 32.2. The van der Waals surface area contributed by atoms with Gasteiger partial charge < -0.3 is 26.0 Å². The Morgan fingerprint density at radius 2 is 1.79 bits per heavy atom. The molecule has 39 heavy (non-hydrogen) atoms. The molecule has 0 bridgehead atoms. The largest absolute Gasteiger partial charge is 0.447 e. The zero-order chi connectivity index (χ0) is 28.6. The molecule has 1 aliphatic carbocycles. The standard InChI is InChI=1S/C29H45N5O4S/c1-19(2)38-28(37)33-24(29(3,4)39-18-21-9-6-5-7-10-21)27(36)34-16-8-11-23(34)26(35)32-17-20-12-14-22(15-13-20)25(30)31/h5-7,9-10,19-20,22-24H,8,11-18H2,1-4H3,(H3,30,31)(H,32,35)(H,33,37)/t20?,22?,23-,24-/m0/s1. The van der Waals surface area contributed by atoms with Crippen LogP contribution >= 0.6 is 11.8 Å². The summed E-state index contributed by atoms with van der Waals surface area (Å²) < 4.78 is 4.66. The van der Waals surface area contributed by atoms with Crippen molar-refractivity contribution in [3.05, 3.63) is 35.9 Å². The lowest BCUT2D eigenvalue weighted by atomic mass is 9.81. The second-order valence-corrected chi connectivity index (χ2v) is 13.1. The van der Waals surface area contributed by atoms with Gasteiger partial charge in [0.25, 0.3) is 0 Å². The molecule has 1 saturated heterocycles. The molecule has 0 aromatic heterocycles. The van der Waals surface area contributed by atoms with E-state index in [2.05, 4.69) is 10.6 Å². The van der Waals surface area contributed by atoms with Crippen LogP contribution in [0.25, 0.3) is 0 Å². The number of ether oxygens (including phenoxy) is 1. The van der Waals surface area contributed by atoms with E-state index < -0.39 is 22.9 Å². The summed E-state index contributed by atoms with van der Waals surface area (Å²) in [5, 5.41) is 13.6. The van der Waals surface area contributed by atoms with Crippen molar-refractivity contribution in [3.8, 4) is 0 Å². The van der Waals surface area contributed by atoms with Gasteiger partial charge in [0.2, 0.25) is 11.8 Å². The van der Waals surface area contributed by atoms with Crippen LogP contribution in [-0.4, -0.2) is 64.7 Å². The molecular weight excluding hydrogens is 514 g/mol. The van der Waals surface area contributed by atoms with Gasteiger partial charge in [0, 0.05) is 29.5 Å². The van der Waals surface area contributed by atoms with E-state index in [1.54, 1.807) is 30.5 Å². The second kappa shape index (κ2) is 14.1. The van der Waals surface area contributed by atoms with Crippen LogP contribution in [0.4, 0.5) is 4.79 Å². The van der Waals surface area contributed by atoms with Gasteiger partial charge in [-0.3, -0.25) is 15.0 Å². The number of nitrogens with two attached hydrogens (primary N) is 1. The van der Waals surface area contributed by atoms with Gasteiger partial charge in [0.15, 0.2) is 0 Å². The lowest BCUT2D eigenvalue weighted by Crippen LogP contribution is -2.60. The van der Waals surface area contributed by atoms with Crippen molar-refractivity contribution >= 4 is 35.5 Å². The Morgan fingerprint density at radius 3 is 2.41 bits per heavy atom. The van der Waals surface area contributed by atoms with Gasteiger partial charge in [0.05, 0.1) is 11.9 Å². The molecule has 9 nitrogen and oxygen atoms in total. The molecule has 3 rings (SSSR count). The molecule has 2 aliphatic rings. The molecule has 2 fully saturated rings.